The van der Waals surface area contributed by atoms with Crippen LogP contribution in [0.1, 0.15) is 173 Å². The van der Waals surface area contributed by atoms with Gasteiger partial charge in [0.15, 0.2) is 6.10 Å². The third-order valence-electron chi connectivity index (χ3n) is 7.54. The van der Waals surface area contributed by atoms with E-state index in [0.29, 0.717) is 62.4 Å². The van der Waals surface area contributed by atoms with E-state index in [4.69, 9.17) is 24.0 Å². The Labute approximate surface area is 288 Å². The van der Waals surface area contributed by atoms with E-state index < -0.39 is 51.8 Å². The molecule has 0 fully saturated rings. The van der Waals surface area contributed by atoms with Crippen LogP contribution in [0.4, 0.5) is 0 Å². The van der Waals surface area contributed by atoms with Crippen LogP contribution in [0.15, 0.2) is 0 Å². The maximum Gasteiger partial charge on any atom is 0.306 e. The fourth-order valence-corrected chi connectivity index (χ4v) is 5.34. The Balaban J connectivity index is 4.78. The first-order valence-corrected chi connectivity index (χ1v) is 19.6. The van der Waals surface area contributed by atoms with Crippen LogP contribution in [0.2, 0.25) is 0 Å². The Morgan fingerprint density at radius 2 is 1.09 bits per heavy atom. The molecule has 9 nitrogen and oxygen atoms in total. The number of likely N-dealkylation sites (N-methyl/N-ethyl adjacent to an activating group) is 1. The standard InChI is InChI=1S/C36H72NO8P/c1-6-8-10-12-14-16-18-20-22-24-26-28-35(38)42-32-34(33-44-46(40,41)43-31-30-37(3,4)5)45-36(39)29-27-25-23-21-19-17-15-13-11-9-7-2/h34H,6-33H2,1-5H3/t34-/m1/s1/i20D2,21D2. The lowest BCUT2D eigenvalue weighted by atomic mass is 10.1. The Bertz CT molecular complexity index is 936. The quantitative estimate of drug-likeness (QED) is 0.0286. The Hall–Kier alpha value is -0.990. The summed E-state index contributed by atoms with van der Waals surface area (Å²) < 4.78 is 66.5. The second kappa shape index (κ2) is 30.1. The van der Waals surface area contributed by atoms with Gasteiger partial charge in [0.1, 0.15) is 19.8 Å². The number of phosphoric ester groups is 1. The first-order valence-electron chi connectivity index (χ1n) is 20.2. The first kappa shape index (κ1) is 37.8. The molecule has 0 aliphatic carbocycles. The zero-order valence-corrected chi connectivity index (χ0v) is 31.0. The predicted octanol–water partition coefficient (Wildman–Crippen LogP) is 9.05. The second-order valence-electron chi connectivity index (χ2n) is 13.3. The molecule has 0 saturated heterocycles. The van der Waals surface area contributed by atoms with Crippen LogP contribution in [0.25, 0.3) is 0 Å². The molecule has 0 radical (unpaired) electrons. The summed E-state index contributed by atoms with van der Waals surface area (Å²) in [5.41, 5.74) is 0. The summed E-state index contributed by atoms with van der Waals surface area (Å²) in [6.45, 7) is 3.68. The molecular weight excluding hydrogens is 605 g/mol. The summed E-state index contributed by atoms with van der Waals surface area (Å²) >= 11 is 0. The fourth-order valence-electron chi connectivity index (χ4n) is 4.61. The first-order chi connectivity index (χ1) is 23.4. The molecule has 0 saturated carbocycles. The van der Waals surface area contributed by atoms with E-state index in [0.717, 1.165) is 38.5 Å². The monoisotopic (exact) mass is 682 g/mol. The molecule has 0 heterocycles. The summed E-state index contributed by atoms with van der Waals surface area (Å²) in [6.07, 6.45) is 13.0. The molecule has 1 unspecified atom stereocenters. The highest BCUT2D eigenvalue weighted by Gasteiger charge is 2.21. The van der Waals surface area contributed by atoms with Gasteiger partial charge >= 0.3 is 11.9 Å². The Morgan fingerprint density at radius 3 is 1.57 bits per heavy atom. The minimum atomic E-state index is -4.71. The van der Waals surface area contributed by atoms with Crippen molar-refractivity contribution >= 4 is 19.8 Å². The number of hydrogen-bond donors (Lipinski definition) is 0. The molecule has 2 atom stereocenters. The van der Waals surface area contributed by atoms with Crippen LogP contribution in [-0.2, 0) is 32.7 Å². The molecule has 0 amide bonds. The van der Waals surface area contributed by atoms with E-state index in [1.165, 1.54) is 38.5 Å². The molecular formula is C36H72NO8P. The maximum atomic E-state index is 12.6. The summed E-state index contributed by atoms with van der Waals surface area (Å²) in [6, 6.07) is 0. The molecule has 0 aliphatic rings. The molecule has 0 rings (SSSR count). The van der Waals surface area contributed by atoms with Crippen LogP contribution in [0, 0.1) is 0 Å². The van der Waals surface area contributed by atoms with Gasteiger partial charge in [-0.25, -0.2) is 0 Å². The van der Waals surface area contributed by atoms with Gasteiger partial charge in [0, 0.05) is 18.3 Å². The van der Waals surface area contributed by atoms with Crippen LogP contribution in [-0.4, -0.2) is 70.0 Å². The van der Waals surface area contributed by atoms with E-state index in [-0.39, 0.29) is 19.4 Å². The van der Waals surface area contributed by atoms with Gasteiger partial charge < -0.3 is 27.9 Å². The second-order valence-corrected chi connectivity index (χ2v) is 14.7. The lowest BCUT2D eigenvalue weighted by Crippen LogP contribution is -2.37. The van der Waals surface area contributed by atoms with Crippen molar-refractivity contribution in [1.82, 2.24) is 0 Å². The number of hydrogen-bond acceptors (Lipinski definition) is 8. The number of nitrogens with zero attached hydrogens (tertiary/aromatic N) is 1. The lowest BCUT2D eigenvalue weighted by Gasteiger charge is -2.28. The highest BCUT2D eigenvalue weighted by molar-refractivity contribution is 7.45. The fraction of sp³-hybridized carbons (Fsp3) is 0.944. The van der Waals surface area contributed by atoms with E-state index in [2.05, 4.69) is 13.8 Å². The molecule has 0 aliphatic heterocycles. The predicted molar refractivity (Wildman–Crippen MR) is 185 cm³/mol. The average molecular weight is 682 g/mol. The minimum absolute atomic E-state index is 0.00726. The number of carbonyl (C=O) groups excluding carboxylic acids is 2. The molecule has 0 N–H and O–H groups in total. The molecule has 10 heteroatoms. The van der Waals surface area contributed by atoms with Gasteiger partial charge in [-0.1, -0.05) is 142 Å². The normalized spacial score (nSPS) is 15.7. The van der Waals surface area contributed by atoms with E-state index in [1.54, 1.807) is 0 Å². The van der Waals surface area contributed by atoms with Gasteiger partial charge in [-0.2, -0.15) is 0 Å². The number of rotatable bonds is 34. The summed E-state index contributed by atoms with van der Waals surface area (Å²) in [5.74, 6) is -1.18. The van der Waals surface area contributed by atoms with E-state index >= 15 is 0 Å². The molecule has 0 aromatic carbocycles. The zero-order valence-electron chi connectivity index (χ0n) is 34.1. The zero-order chi connectivity index (χ0) is 37.9. The van der Waals surface area contributed by atoms with E-state index in [9.17, 15) is 19.0 Å². The van der Waals surface area contributed by atoms with Gasteiger partial charge in [-0.15, -0.1) is 0 Å². The van der Waals surface area contributed by atoms with Gasteiger partial charge in [0.05, 0.1) is 27.7 Å². The van der Waals surface area contributed by atoms with Crippen molar-refractivity contribution in [2.45, 2.75) is 174 Å². The summed E-state index contributed by atoms with van der Waals surface area (Å²) in [4.78, 5) is 37.4. The third kappa shape index (κ3) is 32.9. The third-order valence-corrected chi connectivity index (χ3v) is 8.51. The van der Waals surface area contributed by atoms with Gasteiger partial charge in [-0.05, 0) is 12.8 Å². The van der Waals surface area contributed by atoms with Crippen LogP contribution in [0.5, 0.6) is 0 Å². The SMILES string of the molecule is [2H]C([2H])(CCCCCCCC)CCCCC(=O)OC[C@H](COP(=O)([O-])OCC[N+](C)(C)C)OC(=O)CCCCC([2H])([2H])CCCCCCCC. The molecule has 46 heavy (non-hydrogen) atoms. The molecule has 274 valence electrons. The minimum Gasteiger partial charge on any atom is -0.756 e. The number of carbonyl (C=O) groups is 2. The molecule has 0 spiro atoms. The van der Waals surface area contributed by atoms with Crippen molar-refractivity contribution < 1.29 is 47.5 Å². The Kier molecular flexibility index (Phi) is 24.7. The van der Waals surface area contributed by atoms with E-state index in [1.807, 2.05) is 21.1 Å². The summed E-state index contributed by atoms with van der Waals surface area (Å²) in [5, 5.41) is 0. The Morgan fingerprint density at radius 1 is 0.652 bits per heavy atom. The lowest BCUT2D eigenvalue weighted by molar-refractivity contribution is -0.870. The van der Waals surface area contributed by atoms with Gasteiger partial charge in [0.2, 0.25) is 0 Å². The molecule has 0 aromatic heterocycles. The van der Waals surface area contributed by atoms with Crippen molar-refractivity contribution in [2.75, 3.05) is 47.5 Å². The highest BCUT2D eigenvalue weighted by Crippen LogP contribution is 2.38. The number of unbranched alkanes of at least 4 members (excludes halogenated alkanes) is 12. The molecule has 0 bridgehead atoms. The largest absolute Gasteiger partial charge is 0.756 e. The number of ether oxygens (including phenoxy) is 2. The van der Waals surface area contributed by atoms with Crippen molar-refractivity contribution in [1.29, 1.82) is 0 Å². The van der Waals surface area contributed by atoms with Crippen molar-refractivity contribution in [3.05, 3.63) is 0 Å². The van der Waals surface area contributed by atoms with Crippen molar-refractivity contribution in [3.63, 3.8) is 0 Å². The van der Waals surface area contributed by atoms with Crippen molar-refractivity contribution in [3.8, 4) is 0 Å². The van der Waals surface area contributed by atoms with Crippen LogP contribution >= 0.6 is 7.82 Å². The smallest absolute Gasteiger partial charge is 0.306 e. The van der Waals surface area contributed by atoms with Crippen LogP contribution < -0.4 is 4.89 Å². The highest BCUT2D eigenvalue weighted by atomic mass is 31.2. The van der Waals surface area contributed by atoms with Crippen LogP contribution in [0.3, 0.4) is 0 Å². The number of quaternary nitrogens is 1. The van der Waals surface area contributed by atoms with Gasteiger partial charge in [-0.3, -0.25) is 14.2 Å². The van der Waals surface area contributed by atoms with Gasteiger partial charge in [0.25, 0.3) is 7.82 Å². The number of esters is 2. The number of phosphoric acid groups is 1. The average Bonchev–Trinajstić information content (AvgIpc) is 3.01. The maximum absolute atomic E-state index is 12.6. The van der Waals surface area contributed by atoms with Crippen molar-refractivity contribution in [2.24, 2.45) is 0 Å². The molecule has 0 aromatic rings. The summed E-state index contributed by atoms with van der Waals surface area (Å²) in [7, 11) is 0.959. The topological polar surface area (TPSA) is 111 Å².